The maximum atomic E-state index is 12.1. The Morgan fingerprint density at radius 2 is 1.87 bits per heavy atom. The van der Waals surface area contributed by atoms with E-state index in [9.17, 15) is 14.7 Å². The maximum Gasteiger partial charge on any atom is 0.155 e. The van der Waals surface area contributed by atoms with E-state index in [1.165, 1.54) is 37.7 Å². The van der Waals surface area contributed by atoms with Gasteiger partial charge in [0.1, 0.15) is 5.78 Å². The number of aliphatic hydroxyl groups is 1. The van der Waals surface area contributed by atoms with Crippen LogP contribution in [0, 0.1) is 46.3 Å². The lowest BCUT2D eigenvalue weighted by Crippen LogP contribution is -2.55. The first-order valence-corrected chi connectivity index (χ1v) is 13.0. The lowest BCUT2D eigenvalue weighted by molar-refractivity contribution is -0.124. The van der Waals surface area contributed by atoms with Crippen LogP contribution in [-0.4, -0.2) is 22.8 Å². The van der Waals surface area contributed by atoms with Crippen LogP contribution in [-0.2, 0) is 9.59 Å². The van der Waals surface area contributed by atoms with Crippen molar-refractivity contribution in [3.8, 4) is 0 Å². The van der Waals surface area contributed by atoms with Crippen molar-refractivity contribution >= 4 is 11.6 Å². The van der Waals surface area contributed by atoms with Crippen molar-refractivity contribution in [1.82, 2.24) is 0 Å². The molecule has 4 aliphatic carbocycles. The molecule has 0 bridgehead atoms. The highest BCUT2D eigenvalue weighted by atomic mass is 16.3. The highest BCUT2D eigenvalue weighted by Gasteiger charge is 2.61. The van der Waals surface area contributed by atoms with Crippen molar-refractivity contribution in [2.75, 3.05) is 0 Å². The van der Waals surface area contributed by atoms with Gasteiger partial charge in [-0.05, 0) is 98.4 Å². The Balaban J connectivity index is 1.49. The van der Waals surface area contributed by atoms with Crippen molar-refractivity contribution in [2.24, 2.45) is 46.3 Å². The number of hydrogen-bond acceptors (Lipinski definition) is 3. The normalized spacial score (nSPS) is 44.0. The number of ketones is 2. The average molecular weight is 429 g/mol. The Kier molecular flexibility index (Phi) is 6.31. The van der Waals surface area contributed by atoms with E-state index in [0.717, 1.165) is 25.2 Å². The van der Waals surface area contributed by atoms with Gasteiger partial charge in [0.25, 0.3) is 0 Å². The van der Waals surface area contributed by atoms with Crippen LogP contribution < -0.4 is 0 Å². The molecule has 4 unspecified atom stereocenters. The standard InChI is InChI=1S/C28H44O3/c1-17(19(3)29)7-6-8-18(2)22-9-10-23-26-24(12-14-28(22,23)5)27(4)13-11-21(30)15-20(27)16-25(26)31/h15,17-18,22-26,31H,6-14,16H2,1-5H3/t17?,18-,22-,23?,24?,25-,26?,27+,28-/m1/s1. The molecular weight excluding hydrogens is 384 g/mol. The van der Waals surface area contributed by atoms with Crippen molar-refractivity contribution in [3.63, 3.8) is 0 Å². The molecule has 0 spiro atoms. The minimum absolute atomic E-state index is 0.117. The number of hydrogen-bond donors (Lipinski definition) is 1. The minimum atomic E-state index is -0.287. The SMILES string of the molecule is CC(=O)C(C)CCC[C@@H](C)[C@H]1CCC2C3C(CC[C@@]21C)[C@@]1(C)CCC(=O)C=C1C[C@H]3O. The largest absolute Gasteiger partial charge is 0.392 e. The molecule has 0 aliphatic heterocycles. The fraction of sp³-hybridized carbons (Fsp3) is 0.857. The molecule has 0 amide bonds. The smallest absolute Gasteiger partial charge is 0.155 e. The number of aliphatic hydroxyl groups excluding tert-OH is 1. The lowest BCUT2D eigenvalue weighted by atomic mass is 9.45. The summed E-state index contributed by atoms with van der Waals surface area (Å²) in [6.45, 7) is 11.1. The Bertz CT molecular complexity index is 753. The summed E-state index contributed by atoms with van der Waals surface area (Å²) in [4.78, 5) is 23.6. The Morgan fingerprint density at radius 3 is 2.58 bits per heavy atom. The molecule has 0 heterocycles. The van der Waals surface area contributed by atoms with Gasteiger partial charge in [0, 0.05) is 12.3 Å². The van der Waals surface area contributed by atoms with Gasteiger partial charge in [-0.25, -0.2) is 0 Å². The van der Waals surface area contributed by atoms with Crippen LogP contribution in [0.25, 0.3) is 0 Å². The molecule has 0 aromatic heterocycles. The molecule has 3 heteroatoms. The molecule has 3 saturated carbocycles. The summed E-state index contributed by atoms with van der Waals surface area (Å²) in [7, 11) is 0. The summed E-state index contributed by atoms with van der Waals surface area (Å²) in [5, 5.41) is 11.3. The molecule has 1 N–H and O–H groups in total. The van der Waals surface area contributed by atoms with Crippen LogP contribution in [0.5, 0.6) is 0 Å². The second-order valence-corrected chi connectivity index (χ2v) is 12.3. The number of carbonyl (C=O) groups excluding carboxylic acids is 2. The number of carbonyl (C=O) groups is 2. The molecule has 0 aromatic rings. The lowest BCUT2D eigenvalue weighted by Gasteiger charge is -2.60. The predicted molar refractivity (Wildman–Crippen MR) is 124 cm³/mol. The molecular formula is C28H44O3. The average Bonchev–Trinajstić information content (AvgIpc) is 3.06. The van der Waals surface area contributed by atoms with Gasteiger partial charge in [-0.3, -0.25) is 9.59 Å². The van der Waals surface area contributed by atoms with E-state index >= 15 is 0 Å². The maximum absolute atomic E-state index is 12.1. The molecule has 4 rings (SSSR count). The molecule has 0 aromatic carbocycles. The van der Waals surface area contributed by atoms with E-state index in [1.54, 1.807) is 6.92 Å². The van der Waals surface area contributed by atoms with Crippen LogP contribution in [0.2, 0.25) is 0 Å². The fourth-order valence-corrected chi connectivity index (χ4v) is 8.65. The van der Waals surface area contributed by atoms with Crippen LogP contribution in [0.4, 0.5) is 0 Å². The van der Waals surface area contributed by atoms with E-state index in [4.69, 9.17) is 0 Å². The monoisotopic (exact) mass is 428 g/mol. The number of fused-ring (bicyclic) bond motifs is 5. The molecule has 0 radical (unpaired) electrons. The van der Waals surface area contributed by atoms with E-state index < -0.39 is 0 Å². The predicted octanol–water partition coefficient (Wildman–Crippen LogP) is 6.14. The first-order valence-electron chi connectivity index (χ1n) is 13.0. The first kappa shape index (κ1) is 23.2. The molecule has 3 fully saturated rings. The van der Waals surface area contributed by atoms with E-state index in [1.807, 2.05) is 6.08 Å². The van der Waals surface area contributed by atoms with E-state index in [2.05, 4.69) is 27.7 Å². The third-order valence-electron chi connectivity index (χ3n) is 10.7. The highest BCUT2D eigenvalue weighted by Crippen LogP contribution is 2.67. The van der Waals surface area contributed by atoms with Gasteiger partial charge in [-0.15, -0.1) is 0 Å². The zero-order valence-corrected chi connectivity index (χ0v) is 20.5. The quantitative estimate of drug-likeness (QED) is 0.553. The van der Waals surface area contributed by atoms with Crippen LogP contribution in [0.15, 0.2) is 11.6 Å². The second-order valence-electron chi connectivity index (χ2n) is 12.3. The van der Waals surface area contributed by atoms with Gasteiger partial charge in [0.15, 0.2) is 5.78 Å². The summed E-state index contributed by atoms with van der Waals surface area (Å²) in [5.41, 5.74) is 1.69. The van der Waals surface area contributed by atoms with Gasteiger partial charge in [-0.2, -0.15) is 0 Å². The molecule has 31 heavy (non-hydrogen) atoms. The molecule has 3 nitrogen and oxygen atoms in total. The van der Waals surface area contributed by atoms with Gasteiger partial charge < -0.3 is 5.11 Å². The second kappa shape index (κ2) is 8.43. The summed E-state index contributed by atoms with van der Waals surface area (Å²) < 4.78 is 0. The van der Waals surface area contributed by atoms with E-state index in [0.29, 0.717) is 47.7 Å². The van der Waals surface area contributed by atoms with Crippen molar-refractivity contribution < 1.29 is 14.7 Å². The number of Topliss-reactive ketones (excluding diaryl/α,β-unsaturated/α-hetero) is 1. The van der Waals surface area contributed by atoms with Crippen LogP contribution >= 0.6 is 0 Å². The highest BCUT2D eigenvalue weighted by molar-refractivity contribution is 5.91. The fourth-order valence-electron chi connectivity index (χ4n) is 8.65. The Morgan fingerprint density at radius 1 is 1.13 bits per heavy atom. The third kappa shape index (κ3) is 3.87. The summed E-state index contributed by atoms with van der Waals surface area (Å²) in [6, 6.07) is 0. The topological polar surface area (TPSA) is 54.4 Å². The Labute approximate surface area is 189 Å². The molecule has 174 valence electrons. The van der Waals surface area contributed by atoms with Gasteiger partial charge >= 0.3 is 0 Å². The Hall–Kier alpha value is -0.960. The molecule has 9 atom stereocenters. The summed E-state index contributed by atoms with van der Waals surface area (Å²) in [6.07, 6.45) is 12.3. The van der Waals surface area contributed by atoms with Crippen molar-refractivity contribution in [3.05, 3.63) is 11.6 Å². The zero-order valence-electron chi connectivity index (χ0n) is 20.5. The van der Waals surface area contributed by atoms with Crippen molar-refractivity contribution in [1.29, 1.82) is 0 Å². The molecule has 4 aliphatic rings. The van der Waals surface area contributed by atoms with Crippen LogP contribution in [0.3, 0.4) is 0 Å². The number of rotatable bonds is 6. The van der Waals surface area contributed by atoms with Crippen LogP contribution in [0.1, 0.15) is 98.8 Å². The van der Waals surface area contributed by atoms with Gasteiger partial charge in [-0.1, -0.05) is 46.1 Å². The zero-order chi connectivity index (χ0) is 22.6. The molecule has 0 saturated heterocycles. The van der Waals surface area contributed by atoms with Crippen molar-refractivity contribution in [2.45, 2.75) is 105 Å². The first-order chi connectivity index (χ1) is 14.6. The minimum Gasteiger partial charge on any atom is -0.392 e. The van der Waals surface area contributed by atoms with Gasteiger partial charge in [0.2, 0.25) is 0 Å². The van der Waals surface area contributed by atoms with Gasteiger partial charge in [0.05, 0.1) is 6.10 Å². The summed E-state index contributed by atoms with van der Waals surface area (Å²) in [5.74, 6) is 3.71. The third-order valence-corrected chi connectivity index (χ3v) is 10.7. The summed E-state index contributed by atoms with van der Waals surface area (Å²) >= 11 is 0. The van der Waals surface area contributed by atoms with E-state index in [-0.39, 0.29) is 23.2 Å².